The van der Waals surface area contributed by atoms with Crippen LogP contribution in [0.3, 0.4) is 0 Å². The van der Waals surface area contributed by atoms with Gasteiger partial charge in [0.2, 0.25) is 3.79 Å². The van der Waals surface area contributed by atoms with Crippen LogP contribution in [0.5, 0.6) is 0 Å². The van der Waals surface area contributed by atoms with E-state index in [2.05, 4.69) is 4.99 Å². The Balaban J connectivity index is 0. The van der Waals surface area contributed by atoms with E-state index < -0.39 is 14.3 Å². The molecule has 15 heavy (non-hydrogen) atoms. The van der Waals surface area contributed by atoms with E-state index in [0.717, 1.165) is 0 Å². The number of nitrogens with zero attached hydrogens (tertiary/aromatic N) is 2. The second-order valence-corrected chi connectivity index (χ2v) is 5.46. The van der Waals surface area contributed by atoms with E-state index in [0.29, 0.717) is 5.84 Å². The molecule has 92 valence electrons. The lowest BCUT2D eigenvalue weighted by Gasteiger charge is -2.20. The maximum Gasteiger partial charge on any atom is 0.435 e. The minimum absolute atomic E-state index is 0.428. The summed E-state index contributed by atoms with van der Waals surface area (Å²) >= 11 is 16.7. The third-order valence-corrected chi connectivity index (χ3v) is 1.40. The van der Waals surface area contributed by atoms with E-state index in [4.69, 9.17) is 47.8 Å². The average molecular weight is 304 g/mol. The summed E-state index contributed by atoms with van der Waals surface area (Å²) in [5, 5.41) is 0. The number of rotatable bonds is 0. The lowest BCUT2D eigenvalue weighted by Crippen LogP contribution is -2.33. The fourth-order valence-corrected chi connectivity index (χ4v) is 1.34. The molecule has 0 saturated heterocycles. The number of hydrogen-bond donors (Lipinski definition) is 1. The molecule has 0 amide bonds. The van der Waals surface area contributed by atoms with Crippen molar-refractivity contribution in [3.63, 3.8) is 0 Å². The average Bonchev–Trinajstić information content (AvgIpc) is 1.78. The van der Waals surface area contributed by atoms with Crippen LogP contribution >= 0.6 is 34.8 Å². The highest BCUT2D eigenvalue weighted by molar-refractivity contribution is 7.80. The van der Waals surface area contributed by atoms with Crippen molar-refractivity contribution in [3.8, 4) is 0 Å². The fourth-order valence-electron chi connectivity index (χ4n) is 0.580. The zero-order valence-electron chi connectivity index (χ0n) is 8.08. The number of hydrogen-bond acceptors (Lipinski definition) is 3. The largest absolute Gasteiger partial charge is 0.435 e. The lowest BCUT2D eigenvalue weighted by atomic mass is 10.6. The van der Waals surface area contributed by atoms with Gasteiger partial charge in [-0.15, -0.1) is 0 Å². The standard InChI is InChI=1S/C5H9Cl3N2.FHO3S/c1-9-4(10(2)3)5(6,7)8;1-5(2,3)4/h1-3H3;(H,2,3,4). The molecule has 0 aliphatic rings. The van der Waals surface area contributed by atoms with Gasteiger partial charge in [-0.05, 0) is 0 Å². The normalized spacial score (nSPS) is 12.9. The predicted octanol–water partition coefficient (Wildman–Crippen LogP) is 1.71. The molecule has 0 spiro atoms. The molecule has 0 heterocycles. The van der Waals surface area contributed by atoms with Crippen LogP contribution in [0.15, 0.2) is 4.99 Å². The topological polar surface area (TPSA) is 70.0 Å². The van der Waals surface area contributed by atoms with Crippen LogP contribution in [0.25, 0.3) is 0 Å². The van der Waals surface area contributed by atoms with Gasteiger partial charge in [0, 0.05) is 21.1 Å². The van der Waals surface area contributed by atoms with Gasteiger partial charge in [0.15, 0.2) is 5.84 Å². The number of aliphatic imine (C=N–C) groups is 1. The molecule has 0 aliphatic heterocycles. The quantitative estimate of drug-likeness (QED) is 0.243. The van der Waals surface area contributed by atoms with Crippen molar-refractivity contribution in [2.75, 3.05) is 21.1 Å². The SMILES string of the molecule is CN=C(N(C)C)C(Cl)(Cl)Cl.O=S(=O)(O)F. The minimum Gasteiger partial charge on any atom is -0.363 e. The van der Waals surface area contributed by atoms with E-state index in [9.17, 15) is 3.89 Å². The zero-order chi connectivity index (χ0) is 12.9. The number of alkyl halides is 3. The second-order valence-electron chi connectivity index (χ2n) is 2.35. The van der Waals surface area contributed by atoms with Crippen molar-refractivity contribution in [2.24, 2.45) is 4.99 Å². The minimum atomic E-state index is -5.17. The Morgan fingerprint density at radius 1 is 1.40 bits per heavy atom. The number of amidine groups is 1. The van der Waals surface area contributed by atoms with Crippen molar-refractivity contribution in [1.82, 2.24) is 4.90 Å². The van der Waals surface area contributed by atoms with E-state index in [1.165, 1.54) is 0 Å². The summed E-state index contributed by atoms with van der Waals surface area (Å²) < 4.78 is 32.7. The Morgan fingerprint density at radius 2 is 1.67 bits per heavy atom. The van der Waals surface area contributed by atoms with Gasteiger partial charge in [-0.1, -0.05) is 38.7 Å². The molecule has 0 saturated carbocycles. The van der Waals surface area contributed by atoms with Gasteiger partial charge in [0.1, 0.15) is 0 Å². The van der Waals surface area contributed by atoms with E-state index in [1.807, 2.05) is 0 Å². The zero-order valence-corrected chi connectivity index (χ0v) is 11.2. The molecule has 0 radical (unpaired) electrons. The lowest BCUT2D eigenvalue weighted by molar-refractivity contribution is 0.435. The first kappa shape index (κ1) is 17.6. The molecule has 0 aromatic carbocycles. The molecular weight excluding hydrogens is 293 g/mol. The van der Waals surface area contributed by atoms with Gasteiger partial charge in [-0.3, -0.25) is 9.55 Å². The van der Waals surface area contributed by atoms with Crippen LogP contribution in [0.4, 0.5) is 3.89 Å². The van der Waals surface area contributed by atoms with Crippen LogP contribution in [-0.2, 0) is 10.5 Å². The highest BCUT2D eigenvalue weighted by atomic mass is 35.6. The van der Waals surface area contributed by atoms with Crippen LogP contribution in [0.1, 0.15) is 0 Å². The summed E-state index contributed by atoms with van der Waals surface area (Å²) in [6.07, 6.45) is 0. The Kier molecular flexibility index (Phi) is 7.84. The van der Waals surface area contributed by atoms with Gasteiger partial charge < -0.3 is 4.90 Å². The third-order valence-electron chi connectivity index (χ3n) is 0.889. The maximum atomic E-state index is 10.2. The van der Waals surface area contributed by atoms with Crippen molar-refractivity contribution in [1.29, 1.82) is 0 Å². The van der Waals surface area contributed by atoms with Crippen molar-refractivity contribution in [3.05, 3.63) is 0 Å². The smallest absolute Gasteiger partial charge is 0.363 e. The van der Waals surface area contributed by atoms with E-state index in [-0.39, 0.29) is 0 Å². The summed E-state index contributed by atoms with van der Waals surface area (Å²) in [5.74, 6) is 0.428. The summed E-state index contributed by atoms with van der Waals surface area (Å²) in [6.45, 7) is 0. The van der Waals surface area contributed by atoms with Gasteiger partial charge in [-0.25, -0.2) is 0 Å². The molecule has 0 aromatic rings. The third kappa shape index (κ3) is 14.2. The van der Waals surface area contributed by atoms with E-state index >= 15 is 0 Å². The first-order chi connectivity index (χ1) is 6.39. The Bertz CT molecular complexity index is 304. The van der Waals surface area contributed by atoms with Gasteiger partial charge in [0.25, 0.3) is 0 Å². The first-order valence-electron chi connectivity index (χ1n) is 3.28. The van der Waals surface area contributed by atoms with Crippen LogP contribution in [0.2, 0.25) is 0 Å². The summed E-state index contributed by atoms with van der Waals surface area (Å²) in [4.78, 5) is 5.47. The Labute approximate surface area is 103 Å². The predicted molar refractivity (Wildman–Crippen MR) is 60.0 cm³/mol. The Hall–Kier alpha value is 0.180. The highest BCUT2D eigenvalue weighted by Crippen LogP contribution is 2.28. The van der Waals surface area contributed by atoms with Gasteiger partial charge >= 0.3 is 10.5 Å². The molecule has 10 heteroatoms. The van der Waals surface area contributed by atoms with Crippen molar-refractivity contribution in [2.45, 2.75) is 3.79 Å². The van der Waals surface area contributed by atoms with Gasteiger partial charge in [0.05, 0.1) is 0 Å². The first-order valence-corrected chi connectivity index (χ1v) is 5.75. The van der Waals surface area contributed by atoms with Crippen molar-refractivity contribution >= 4 is 51.1 Å². The van der Waals surface area contributed by atoms with Crippen LogP contribution in [0, 0.1) is 0 Å². The fraction of sp³-hybridized carbons (Fsp3) is 0.800. The highest BCUT2D eigenvalue weighted by Gasteiger charge is 2.28. The van der Waals surface area contributed by atoms with Crippen LogP contribution < -0.4 is 0 Å². The molecule has 5 nitrogen and oxygen atoms in total. The van der Waals surface area contributed by atoms with Crippen molar-refractivity contribution < 1.29 is 16.9 Å². The molecule has 0 bridgehead atoms. The summed E-state index contributed by atoms with van der Waals surface area (Å²) in [5.41, 5.74) is 0. The molecule has 1 N–H and O–H groups in total. The summed E-state index contributed by atoms with van der Waals surface area (Å²) in [6, 6.07) is 0. The molecule has 0 rings (SSSR count). The molecular formula is C5H10Cl3FN2O3S. The Morgan fingerprint density at radius 3 is 1.67 bits per heavy atom. The van der Waals surface area contributed by atoms with E-state index in [1.54, 1.807) is 26.0 Å². The summed E-state index contributed by atoms with van der Waals surface area (Å²) in [7, 11) is -0.0499. The maximum absolute atomic E-state index is 10.2. The number of halogens is 4. The monoisotopic (exact) mass is 302 g/mol. The molecule has 0 fully saturated rings. The molecule has 0 aliphatic carbocycles. The molecule has 0 atom stereocenters. The van der Waals surface area contributed by atoms with Gasteiger partial charge in [-0.2, -0.15) is 8.42 Å². The second kappa shape index (κ2) is 6.70. The molecule has 0 unspecified atom stereocenters. The molecule has 0 aromatic heterocycles. The van der Waals surface area contributed by atoms with Crippen LogP contribution in [-0.4, -0.2) is 48.6 Å².